The van der Waals surface area contributed by atoms with Crippen molar-refractivity contribution in [3.05, 3.63) is 24.3 Å². The van der Waals surface area contributed by atoms with Crippen molar-refractivity contribution in [3.63, 3.8) is 0 Å². The number of hydrogen-bond donors (Lipinski definition) is 4. The zero-order chi connectivity index (χ0) is 55.0. The highest BCUT2D eigenvalue weighted by Gasteiger charge is 2.32. The maximum atomic E-state index is 13.0. The van der Waals surface area contributed by atoms with Gasteiger partial charge in [0.1, 0.15) is 19.3 Å². The summed E-state index contributed by atoms with van der Waals surface area (Å²) in [7, 11) is 1.42. The van der Waals surface area contributed by atoms with Gasteiger partial charge in [0.2, 0.25) is 5.91 Å². The Morgan fingerprint density at radius 2 is 0.760 bits per heavy atom. The van der Waals surface area contributed by atoms with Crippen LogP contribution in [-0.4, -0.2) is 84.6 Å². The lowest BCUT2D eigenvalue weighted by molar-refractivity contribution is -0.870. The van der Waals surface area contributed by atoms with E-state index in [0.717, 1.165) is 44.9 Å². The van der Waals surface area contributed by atoms with E-state index in [0.29, 0.717) is 23.9 Å². The van der Waals surface area contributed by atoms with Gasteiger partial charge in [-0.25, -0.2) is 4.57 Å². The molecule has 0 aliphatic heterocycles. The lowest BCUT2D eigenvalue weighted by Gasteiger charge is -2.28. The summed E-state index contributed by atoms with van der Waals surface area (Å²) in [6.07, 6.45) is 69.1. The fraction of sp³-hybridized carbons (Fsp3) is 0.923. The number of carbonyl (C=O) groups is 1. The number of rotatable bonds is 61. The summed E-state index contributed by atoms with van der Waals surface area (Å²) in [5.74, 6) is -0.266. The van der Waals surface area contributed by atoms with Crippen molar-refractivity contribution in [3.8, 4) is 0 Å². The van der Waals surface area contributed by atoms with Gasteiger partial charge in [-0.1, -0.05) is 295 Å². The lowest BCUT2D eigenvalue weighted by Crippen LogP contribution is -2.51. The maximum absolute atomic E-state index is 13.0. The van der Waals surface area contributed by atoms with Gasteiger partial charge < -0.3 is 24.9 Å². The molecule has 1 amide bonds. The Balaban J connectivity index is 3.89. The molecule has 0 bridgehead atoms. The Bertz CT molecular complexity index is 1290. The van der Waals surface area contributed by atoms with Crippen LogP contribution in [0.25, 0.3) is 0 Å². The first-order valence-corrected chi connectivity index (χ1v) is 34.3. The minimum Gasteiger partial charge on any atom is -0.390 e. The van der Waals surface area contributed by atoms with E-state index in [4.69, 9.17) is 9.05 Å². The molecule has 0 aliphatic rings. The molecule has 0 saturated carbocycles. The van der Waals surface area contributed by atoms with E-state index in [-0.39, 0.29) is 18.9 Å². The Morgan fingerprint density at radius 1 is 0.453 bits per heavy atom. The van der Waals surface area contributed by atoms with Crippen LogP contribution in [0.15, 0.2) is 24.3 Å². The monoisotopic (exact) mass is 1080 g/mol. The maximum Gasteiger partial charge on any atom is 0.472 e. The summed E-state index contributed by atoms with van der Waals surface area (Å²) in [5.41, 5.74) is 0. The molecule has 0 radical (unpaired) electrons. The first-order valence-electron chi connectivity index (χ1n) is 32.8. The van der Waals surface area contributed by atoms with Crippen molar-refractivity contribution in [1.29, 1.82) is 0 Å². The average molecular weight is 1080 g/mol. The predicted octanol–water partition coefficient (Wildman–Crippen LogP) is 19.3. The number of aliphatic hydroxyl groups is 2. The highest BCUT2D eigenvalue weighted by Crippen LogP contribution is 2.43. The molecule has 446 valence electrons. The van der Waals surface area contributed by atoms with E-state index in [1.165, 1.54) is 250 Å². The van der Waals surface area contributed by atoms with Gasteiger partial charge in [-0.05, 0) is 51.4 Å². The number of nitrogens with one attached hydrogen (secondary N) is 1. The van der Waals surface area contributed by atoms with E-state index in [1.807, 2.05) is 21.1 Å². The van der Waals surface area contributed by atoms with Crippen LogP contribution >= 0.6 is 7.82 Å². The van der Waals surface area contributed by atoms with Gasteiger partial charge in [-0.3, -0.25) is 13.8 Å². The predicted molar refractivity (Wildman–Crippen MR) is 324 cm³/mol. The van der Waals surface area contributed by atoms with E-state index in [1.54, 1.807) is 0 Å². The standard InChI is InChI=1S/C65H129N2O7P/c1-6-8-10-12-14-16-18-20-21-22-23-24-25-26-27-28-29-30-31-32-33-34-35-36-37-38-39-40-41-42-43-44-45-46-48-50-52-54-56-58-64(69)66-62(61-74-75(71,72)73-60-59-67(3,4)5)65(70)63(68)57-55-53-51-49-47-19-17-15-13-11-9-7-2/h15,17,49,51,62-63,65,68,70H,6-14,16,18-48,50,52-61H2,1-5H3,(H-,66,69,71,72)/p+1/b17-15+,51-49+. The molecule has 0 aromatic rings. The summed E-state index contributed by atoms with van der Waals surface area (Å²) in [5, 5.41) is 24.8. The lowest BCUT2D eigenvalue weighted by atomic mass is 10.0. The fourth-order valence-electron chi connectivity index (χ4n) is 10.1. The highest BCUT2D eigenvalue weighted by molar-refractivity contribution is 7.47. The van der Waals surface area contributed by atoms with Crippen LogP contribution in [0, 0.1) is 0 Å². The van der Waals surface area contributed by atoms with Crippen molar-refractivity contribution in [2.24, 2.45) is 0 Å². The number of carbonyl (C=O) groups excluding carboxylic acids is 1. The van der Waals surface area contributed by atoms with Crippen LogP contribution in [0.5, 0.6) is 0 Å². The number of quaternary nitrogens is 1. The fourth-order valence-corrected chi connectivity index (χ4v) is 10.8. The quantitative estimate of drug-likeness (QED) is 0.0207. The second kappa shape index (κ2) is 56.2. The van der Waals surface area contributed by atoms with Crippen molar-refractivity contribution in [2.45, 2.75) is 347 Å². The normalized spacial score (nSPS) is 14.3. The summed E-state index contributed by atoms with van der Waals surface area (Å²) in [4.78, 5) is 23.3. The largest absolute Gasteiger partial charge is 0.472 e. The Kier molecular flexibility index (Phi) is 55.4. The van der Waals surface area contributed by atoms with Crippen molar-refractivity contribution < 1.29 is 38.0 Å². The minimum absolute atomic E-state index is 0.0159. The van der Waals surface area contributed by atoms with Crippen LogP contribution < -0.4 is 5.32 Å². The summed E-state index contributed by atoms with van der Waals surface area (Å²) in [6, 6.07) is -1.05. The number of phosphoric acid groups is 1. The van der Waals surface area contributed by atoms with Crippen LogP contribution in [-0.2, 0) is 18.4 Å². The van der Waals surface area contributed by atoms with Gasteiger partial charge in [0, 0.05) is 6.42 Å². The van der Waals surface area contributed by atoms with Crippen LogP contribution in [0.4, 0.5) is 0 Å². The molecule has 0 aromatic carbocycles. The molecular formula is C65H130N2O7P+. The number of phosphoric ester groups is 1. The van der Waals surface area contributed by atoms with E-state index in [2.05, 4.69) is 43.5 Å². The van der Waals surface area contributed by atoms with Crippen LogP contribution in [0.3, 0.4) is 0 Å². The molecule has 10 heteroatoms. The molecule has 0 saturated heterocycles. The summed E-state index contributed by atoms with van der Waals surface area (Å²) < 4.78 is 23.6. The number of hydrogen-bond acceptors (Lipinski definition) is 6. The van der Waals surface area contributed by atoms with E-state index < -0.39 is 32.7 Å². The first kappa shape index (κ1) is 73.9. The SMILES string of the molecule is CCCCC/C=C/CC/C=C/CCCC(O)C(O)C(COP(=O)(O)OCC[N+](C)(C)C)NC(=O)CCCCCCCCCCCCCCCCCCCCCCCCCCCCCCCCCCCCCCCCC. The highest BCUT2D eigenvalue weighted by atomic mass is 31.2. The summed E-state index contributed by atoms with van der Waals surface area (Å²) in [6.45, 7) is 4.58. The zero-order valence-electron chi connectivity index (χ0n) is 50.7. The molecule has 4 N–H and O–H groups in total. The topological polar surface area (TPSA) is 125 Å². The number of nitrogens with zero attached hydrogens (tertiary/aromatic N) is 1. The molecule has 75 heavy (non-hydrogen) atoms. The van der Waals surface area contributed by atoms with Gasteiger partial charge in [0.05, 0.1) is 39.9 Å². The molecule has 0 fully saturated rings. The van der Waals surface area contributed by atoms with Gasteiger partial charge in [-0.15, -0.1) is 0 Å². The minimum atomic E-state index is -4.43. The van der Waals surface area contributed by atoms with Crippen LogP contribution in [0.2, 0.25) is 0 Å². The molecular weight excluding hydrogens is 952 g/mol. The van der Waals surface area contributed by atoms with Crippen LogP contribution in [0.1, 0.15) is 328 Å². The average Bonchev–Trinajstić information content (AvgIpc) is 3.37. The van der Waals surface area contributed by atoms with Crippen molar-refractivity contribution in [1.82, 2.24) is 5.32 Å². The Hall–Kier alpha value is -1.06. The van der Waals surface area contributed by atoms with Gasteiger partial charge in [0.15, 0.2) is 0 Å². The second-order valence-electron chi connectivity index (χ2n) is 24.0. The van der Waals surface area contributed by atoms with E-state index in [9.17, 15) is 24.5 Å². The molecule has 9 nitrogen and oxygen atoms in total. The molecule has 0 aromatic heterocycles. The molecule has 0 rings (SSSR count). The molecule has 0 spiro atoms. The number of allylic oxidation sites excluding steroid dienone is 4. The van der Waals surface area contributed by atoms with Crippen molar-refractivity contribution >= 4 is 13.7 Å². The third-order valence-corrected chi connectivity index (χ3v) is 16.3. The second-order valence-corrected chi connectivity index (χ2v) is 25.4. The Morgan fingerprint density at radius 3 is 1.11 bits per heavy atom. The number of aliphatic hydroxyl groups excluding tert-OH is 2. The number of unbranched alkanes of at least 4 members (excludes halogenated alkanes) is 43. The molecule has 0 aliphatic carbocycles. The molecule has 4 atom stereocenters. The summed E-state index contributed by atoms with van der Waals surface area (Å²) >= 11 is 0. The number of likely N-dealkylation sites (N-methyl/N-ethyl adjacent to an activating group) is 1. The van der Waals surface area contributed by atoms with E-state index >= 15 is 0 Å². The Labute approximate surface area is 467 Å². The van der Waals surface area contributed by atoms with Gasteiger partial charge in [0.25, 0.3) is 0 Å². The zero-order valence-corrected chi connectivity index (χ0v) is 51.6. The third kappa shape index (κ3) is 57.4. The smallest absolute Gasteiger partial charge is 0.390 e. The van der Waals surface area contributed by atoms with Gasteiger partial charge >= 0.3 is 7.82 Å². The first-order chi connectivity index (χ1) is 36.4. The molecule has 4 unspecified atom stereocenters. The third-order valence-electron chi connectivity index (χ3n) is 15.3. The van der Waals surface area contributed by atoms with Gasteiger partial charge in [-0.2, -0.15) is 0 Å². The number of amides is 1. The molecule has 0 heterocycles. The van der Waals surface area contributed by atoms with Crippen molar-refractivity contribution in [2.75, 3.05) is 40.9 Å².